The van der Waals surface area contributed by atoms with Crippen LogP contribution in [-0.2, 0) is 9.53 Å². The van der Waals surface area contributed by atoms with Crippen molar-refractivity contribution in [3.8, 4) is 5.75 Å². The Bertz CT molecular complexity index is 1120. The van der Waals surface area contributed by atoms with Crippen molar-refractivity contribution in [2.45, 2.75) is 11.3 Å². The maximum absolute atomic E-state index is 12.4. The number of ether oxygens (including phenoxy) is 2. The van der Waals surface area contributed by atoms with Crippen molar-refractivity contribution >= 4 is 51.7 Å². The molecule has 0 aliphatic heterocycles. The Hall–Kier alpha value is -3.44. The van der Waals surface area contributed by atoms with Crippen molar-refractivity contribution in [3.05, 3.63) is 59.7 Å². The number of nitrogens with zero attached hydrogens (tertiary/aromatic N) is 2. The number of nitrogens with one attached hydrogen (secondary N) is 2. The van der Waals surface area contributed by atoms with E-state index in [1.54, 1.807) is 55.5 Å². The topological polar surface area (TPSA) is 120 Å². The molecule has 0 spiro atoms. The molecule has 3 rings (SSSR count). The van der Waals surface area contributed by atoms with Crippen LogP contribution in [0.3, 0.4) is 0 Å². The highest BCUT2D eigenvalue weighted by molar-refractivity contribution is 8.01. The number of amides is 2. The van der Waals surface area contributed by atoms with Crippen molar-refractivity contribution in [1.82, 2.24) is 10.2 Å². The SMILES string of the molecule is CCOC(=O)c1ccccc1NC(=O)CSc1nnc(NC(=O)c2cccc(OC)c2)s1. The van der Waals surface area contributed by atoms with Crippen LogP contribution in [0.15, 0.2) is 52.9 Å². The molecule has 0 aliphatic rings. The Kier molecular flexibility index (Phi) is 8.17. The quantitative estimate of drug-likeness (QED) is 0.275. The molecule has 0 radical (unpaired) electrons. The second kappa shape index (κ2) is 11.3. The molecule has 2 N–H and O–H groups in total. The summed E-state index contributed by atoms with van der Waals surface area (Å²) in [5.74, 6) is -0.539. The fraction of sp³-hybridized carbons (Fsp3) is 0.190. The van der Waals surface area contributed by atoms with Crippen LogP contribution in [0.1, 0.15) is 27.6 Å². The molecule has 0 atom stereocenters. The smallest absolute Gasteiger partial charge is 0.340 e. The number of carbonyl (C=O) groups is 3. The number of anilines is 2. The molecule has 0 saturated carbocycles. The van der Waals surface area contributed by atoms with Crippen LogP contribution in [-0.4, -0.2) is 47.5 Å². The number of benzene rings is 2. The second-order valence-corrected chi connectivity index (χ2v) is 8.36. The first kappa shape index (κ1) is 23.2. The number of hydrogen-bond donors (Lipinski definition) is 2. The molecule has 0 unspecified atom stereocenters. The highest BCUT2D eigenvalue weighted by atomic mass is 32.2. The third-order valence-corrected chi connectivity index (χ3v) is 5.95. The van der Waals surface area contributed by atoms with Gasteiger partial charge in [-0.15, -0.1) is 10.2 Å². The molecule has 32 heavy (non-hydrogen) atoms. The lowest BCUT2D eigenvalue weighted by molar-refractivity contribution is -0.113. The molecule has 0 bridgehead atoms. The predicted octanol–water partition coefficient (Wildman–Crippen LogP) is 3.71. The molecule has 1 aromatic heterocycles. The van der Waals surface area contributed by atoms with Gasteiger partial charge in [0.1, 0.15) is 5.75 Å². The maximum atomic E-state index is 12.4. The van der Waals surface area contributed by atoms with Gasteiger partial charge in [-0.3, -0.25) is 14.9 Å². The second-order valence-electron chi connectivity index (χ2n) is 6.16. The molecular weight excluding hydrogens is 452 g/mol. The lowest BCUT2D eigenvalue weighted by atomic mass is 10.2. The third kappa shape index (κ3) is 6.28. The lowest BCUT2D eigenvalue weighted by Gasteiger charge is -2.09. The first-order valence-electron chi connectivity index (χ1n) is 9.48. The van der Waals surface area contributed by atoms with Crippen LogP contribution < -0.4 is 15.4 Å². The van der Waals surface area contributed by atoms with E-state index in [1.165, 1.54) is 18.9 Å². The van der Waals surface area contributed by atoms with Gasteiger partial charge in [-0.2, -0.15) is 0 Å². The summed E-state index contributed by atoms with van der Waals surface area (Å²) in [4.78, 5) is 36.7. The molecule has 9 nitrogen and oxygen atoms in total. The zero-order chi connectivity index (χ0) is 22.9. The summed E-state index contributed by atoms with van der Waals surface area (Å²) in [5.41, 5.74) is 1.08. The molecule has 166 valence electrons. The summed E-state index contributed by atoms with van der Waals surface area (Å²) in [7, 11) is 1.52. The van der Waals surface area contributed by atoms with Crippen molar-refractivity contribution < 1.29 is 23.9 Å². The predicted molar refractivity (Wildman–Crippen MR) is 123 cm³/mol. The number of hydrogen-bond acceptors (Lipinski definition) is 9. The summed E-state index contributed by atoms with van der Waals surface area (Å²) < 4.78 is 10.6. The number of aromatic nitrogens is 2. The molecule has 3 aromatic rings. The monoisotopic (exact) mass is 472 g/mol. The van der Waals surface area contributed by atoms with Crippen molar-refractivity contribution in [2.24, 2.45) is 0 Å². The van der Waals surface area contributed by atoms with Crippen molar-refractivity contribution in [2.75, 3.05) is 30.1 Å². The summed E-state index contributed by atoms with van der Waals surface area (Å²) in [6.07, 6.45) is 0. The lowest BCUT2D eigenvalue weighted by Crippen LogP contribution is -2.17. The van der Waals surface area contributed by atoms with Gasteiger partial charge in [-0.1, -0.05) is 41.3 Å². The minimum atomic E-state index is -0.503. The van der Waals surface area contributed by atoms with Gasteiger partial charge < -0.3 is 14.8 Å². The summed E-state index contributed by atoms with van der Waals surface area (Å²) >= 11 is 2.32. The number of carbonyl (C=O) groups excluding carboxylic acids is 3. The number of rotatable bonds is 9. The van der Waals surface area contributed by atoms with Crippen LogP contribution in [0.4, 0.5) is 10.8 Å². The van der Waals surface area contributed by atoms with E-state index in [9.17, 15) is 14.4 Å². The minimum absolute atomic E-state index is 0.0512. The largest absolute Gasteiger partial charge is 0.497 e. The Morgan fingerprint density at radius 3 is 2.66 bits per heavy atom. The molecular formula is C21H20N4O5S2. The minimum Gasteiger partial charge on any atom is -0.497 e. The molecule has 2 amide bonds. The van der Waals surface area contributed by atoms with Crippen molar-refractivity contribution in [1.29, 1.82) is 0 Å². The van der Waals surface area contributed by atoms with Gasteiger partial charge in [0.15, 0.2) is 4.34 Å². The molecule has 2 aromatic carbocycles. The van der Waals surface area contributed by atoms with Crippen LogP contribution >= 0.6 is 23.1 Å². The molecule has 0 aliphatic carbocycles. The van der Waals surface area contributed by atoms with Gasteiger partial charge in [0.2, 0.25) is 11.0 Å². The van der Waals surface area contributed by atoms with Crippen LogP contribution in [0.25, 0.3) is 0 Å². The van der Waals surface area contributed by atoms with Crippen LogP contribution in [0.5, 0.6) is 5.75 Å². The van der Waals surface area contributed by atoms with E-state index in [-0.39, 0.29) is 29.7 Å². The van der Waals surface area contributed by atoms with Crippen molar-refractivity contribution in [3.63, 3.8) is 0 Å². The first-order chi connectivity index (χ1) is 15.5. The Morgan fingerprint density at radius 1 is 1.06 bits per heavy atom. The number of methoxy groups -OCH3 is 1. The first-order valence-corrected chi connectivity index (χ1v) is 11.3. The Morgan fingerprint density at radius 2 is 1.88 bits per heavy atom. The normalized spacial score (nSPS) is 10.3. The van der Waals surface area contributed by atoms with E-state index in [1.807, 2.05) is 0 Å². The molecule has 0 saturated heterocycles. The highest BCUT2D eigenvalue weighted by Gasteiger charge is 2.15. The third-order valence-electron chi connectivity index (χ3n) is 3.98. The van der Waals surface area contributed by atoms with Gasteiger partial charge in [-0.25, -0.2) is 4.79 Å². The maximum Gasteiger partial charge on any atom is 0.340 e. The highest BCUT2D eigenvalue weighted by Crippen LogP contribution is 2.26. The number of thioether (sulfide) groups is 1. The Balaban J connectivity index is 1.55. The van der Waals surface area contributed by atoms with Gasteiger partial charge in [-0.05, 0) is 37.3 Å². The zero-order valence-corrected chi connectivity index (χ0v) is 18.9. The summed E-state index contributed by atoms with van der Waals surface area (Å²) in [6.45, 7) is 1.95. The average molecular weight is 473 g/mol. The standard InChI is InChI=1S/C21H20N4O5S2/c1-3-30-19(28)15-9-4-5-10-16(15)22-17(26)12-31-21-25-24-20(32-21)23-18(27)13-7-6-8-14(11-13)29-2/h4-11H,3,12H2,1-2H3,(H,22,26)(H,23,24,27). The van der Waals surface area contributed by atoms with Gasteiger partial charge in [0, 0.05) is 5.56 Å². The molecule has 1 heterocycles. The van der Waals surface area contributed by atoms with Crippen LogP contribution in [0.2, 0.25) is 0 Å². The molecule has 11 heteroatoms. The molecule has 0 fully saturated rings. The Labute approximate surface area is 192 Å². The van der Waals surface area contributed by atoms with E-state index in [0.717, 1.165) is 11.3 Å². The van der Waals surface area contributed by atoms with E-state index in [4.69, 9.17) is 9.47 Å². The van der Waals surface area contributed by atoms with Gasteiger partial charge in [0.25, 0.3) is 5.91 Å². The summed E-state index contributed by atoms with van der Waals surface area (Å²) in [5, 5.41) is 13.6. The van der Waals surface area contributed by atoms with E-state index in [2.05, 4.69) is 20.8 Å². The van der Waals surface area contributed by atoms with Gasteiger partial charge >= 0.3 is 5.97 Å². The number of esters is 1. The summed E-state index contributed by atoms with van der Waals surface area (Å²) in [6, 6.07) is 13.4. The fourth-order valence-electron chi connectivity index (χ4n) is 2.54. The zero-order valence-electron chi connectivity index (χ0n) is 17.3. The van der Waals surface area contributed by atoms with E-state index >= 15 is 0 Å². The average Bonchev–Trinajstić information content (AvgIpc) is 3.25. The van der Waals surface area contributed by atoms with Gasteiger partial charge in [0.05, 0.1) is 30.7 Å². The van der Waals surface area contributed by atoms with Crippen LogP contribution in [0, 0.1) is 0 Å². The fourth-order valence-corrected chi connectivity index (χ4v) is 4.09. The van der Waals surface area contributed by atoms with E-state index < -0.39 is 5.97 Å². The number of para-hydroxylation sites is 1. The van der Waals surface area contributed by atoms with E-state index in [0.29, 0.717) is 26.5 Å².